The number of fused-ring (bicyclic) bond motifs is 3. The number of ether oxygens (including phenoxy) is 2. The number of aromatic nitrogens is 3. The first kappa shape index (κ1) is 29.3. The van der Waals surface area contributed by atoms with E-state index in [1.165, 1.54) is 0 Å². The Labute approximate surface area is 236 Å². The largest absolute Gasteiger partial charge is 0.496 e. The minimum absolute atomic E-state index is 0.0126. The maximum absolute atomic E-state index is 9.36. The standard InChI is InChI=1S/C31H42N6O3/c1-6-10-23(11-9-16-38)34-29-28-27(35-30(32)36-29)24-12-7-8-13-25(24)37(28)19-22-17-21(14-15-26(22)39-4)18-33-20-31(2,3)40-5/h7-9,11-15,17,23,33,38H,6,10,16,18-20H2,1-5H3,(H3,32,34,35,36)/b11-9+. The summed E-state index contributed by atoms with van der Waals surface area (Å²) in [5.41, 5.74) is 10.9. The van der Waals surface area contributed by atoms with E-state index < -0.39 is 0 Å². The van der Waals surface area contributed by atoms with Gasteiger partial charge < -0.3 is 35.5 Å². The van der Waals surface area contributed by atoms with E-state index in [4.69, 9.17) is 15.2 Å². The lowest BCUT2D eigenvalue weighted by atomic mass is 10.1. The van der Waals surface area contributed by atoms with Crippen LogP contribution in [0, 0.1) is 0 Å². The summed E-state index contributed by atoms with van der Waals surface area (Å²) in [5, 5.41) is 17.4. The molecule has 2 heterocycles. The Hall–Kier alpha value is -3.66. The molecule has 0 amide bonds. The summed E-state index contributed by atoms with van der Waals surface area (Å²) in [5.74, 6) is 1.69. The number of aliphatic hydroxyl groups is 1. The van der Waals surface area contributed by atoms with Gasteiger partial charge in [-0.1, -0.05) is 49.8 Å². The highest BCUT2D eigenvalue weighted by molar-refractivity contribution is 6.09. The minimum atomic E-state index is -0.245. The van der Waals surface area contributed by atoms with Gasteiger partial charge in [0, 0.05) is 37.2 Å². The van der Waals surface area contributed by atoms with Gasteiger partial charge in [0.25, 0.3) is 0 Å². The number of aliphatic hydroxyl groups excluding tert-OH is 1. The lowest BCUT2D eigenvalue weighted by Gasteiger charge is -2.23. The van der Waals surface area contributed by atoms with Crippen LogP contribution in [0.5, 0.6) is 5.75 Å². The highest BCUT2D eigenvalue weighted by Crippen LogP contribution is 2.34. The monoisotopic (exact) mass is 546 g/mol. The van der Waals surface area contributed by atoms with E-state index in [2.05, 4.69) is 70.2 Å². The normalized spacial score (nSPS) is 12.9. The molecule has 0 fully saturated rings. The van der Waals surface area contributed by atoms with Crippen LogP contribution in [0.15, 0.2) is 54.6 Å². The van der Waals surface area contributed by atoms with Gasteiger partial charge in [-0.3, -0.25) is 0 Å². The van der Waals surface area contributed by atoms with Gasteiger partial charge in [-0.05, 0) is 44.0 Å². The Bertz CT molecular complexity index is 1460. The van der Waals surface area contributed by atoms with Crippen LogP contribution in [-0.2, 0) is 17.8 Å². The number of para-hydroxylation sites is 1. The van der Waals surface area contributed by atoms with Crippen molar-refractivity contribution >= 4 is 33.7 Å². The van der Waals surface area contributed by atoms with Gasteiger partial charge in [0.15, 0.2) is 5.82 Å². The van der Waals surface area contributed by atoms with Crippen molar-refractivity contribution in [1.82, 2.24) is 19.9 Å². The van der Waals surface area contributed by atoms with Crippen LogP contribution in [0.25, 0.3) is 21.9 Å². The molecule has 2 aromatic carbocycles. The zero-order chi connectivity index (χ0) is 28.7. The predicted molar refractivity (Wildman–Crippen MR) is 163 cm³/mol. The molecule has 0 spiro atoms. The molecular formula is C31H42N6O3. The van der Waals surface area contributed by atoms with Gasteiger partial charge in [0.05, 0.1) is 31.4 Å². The number of hydrogen-bond acceptors (Lipinski definition) is 8. The van der Waals surface area contributed by atoms with Crippen molar-refractivity contribution in [3.63, 3.8) is 0 Å². The molecule has 9 nitrogen and oxygen atoms in total. The summed E-state index contributed by atoms with van der Waals surface area (Å²) in [6.45, 7) is 8.23. The molecular weight excluding hydrogens is 504 g/mol. The zero-order valence-corrected chi connectivity index (χ0v) is 24.2. The molecule has 2 aromatic heterocycles. The maximum Gasteiger partial charge on any atom is 0.222 e. The number of rotatable bonds is 14. The Balaban J connectivity index is 1.79. The van der Waals surface area contributed by atoms with Crippen LogP contribution < -0.4 is 21.1 Å². The van der Waals surface area contributed by atoms with E-state index >= 15 is 0 Å². The average molecular weight is 547 g/mol. The second-order valence-electron chi connectivity index (χ2n) is 10.6. The summed E-state index contributed by atoms with van der Waals surface area (Å²) >= 11 is 0. The van der Waals surface area contributed by atoms with Crippen LogP contribution in [0.2, 0.25) is 0 Å². The van der Waals surface area contributed by atoms with Crippen molar-refractivity contribution in [1.29, 1.82) is 0 Å². The third-order valence-electron chi connectivity index (χ3n) is 7.12. The molecule has 214 valence electrons. The molecule has 1 atom stereocenters. The fourth-order valence-electron chi connectivity index (χ4n) is 4.95. The Kier molecular flexibility index (Phi) is 9.63. The third kappa shape index (κ3) is 6.72. The number of nitrogens with one attached hydrogen (secondary N) is 2. The molecule has 5 N–H and O–H groups in total. The van der Waals surface area contributed by atoms with Crippen molar-refractivity contribution in [3.8, 4) is 5.75 Å². The second-order valence-corrected chi connectivity index (χ2v) is 10.6. The Morgan fingerprint density at radius 3 is 2.67 bits per heavy atom. The molecule has 0 saturated carbocycles. The Morgan fingerprint density at radius 1 is 1.15 bits per heavy atom. The van der Waals surface area contributed by atoms with Crippen LogP contribution in [0.3, 0.4) is 0 Å². The molecule has 4 rings (SSSR count). The number of hydrogen-bond donors (Lipinski definition) is 4. The number of methoxy groups -OCH3 is 2. The average Bonchev–Trinajstić information content (AvgIpc) is 3.25. The first-order valence-electron chi connectivity index (χ1n) is 13.8. The number of nitrogens with two attached hydrogens (primary N) is 1. The first-order valence-corrected chi connectivity index (χ1v) is 13.8. The van der Waals surface area contributed by atoms with Gasteiger partial charge in [-0.25, -0.2) is 4.98 Å². The topological polar surface area (TPSA) is 119 Å². The number of benzene rings is 2. The summed E-state index contributed by atoms with van der Waals surface area (Å²) in [4.78, 5) is 9.31. The lowest BCUT2D eigenvalue weighted by molar-refractivity contribution is 0.0230. The minimum Gasteiger partial charge on any atom is -0.496 e. The molecule has 1 unspecified atom stereocenters. The van der Waals surface area contributed by atoms with E-state index in [9.17, 15) is 5.11 Å². The van der Waals surface area contributed by atoms with E-state index in [1.54, 1.807) is 20.3 Å². The molecule has 0 bridgehead atoms. The molecule has 40 heavy (non-hydrogen) atoms. The van der Waals surface area contributed by atoms with E-state index in [1.807, 2.05) is 24.3 Å². The van der Waals surface area contributed by atoms with Crippen molar-refractivity contribution in [2.45, 2.75) is 58.3 Å². The van der Waals surface area contributed by atoms with Gasteiger partial charge in [0.1, 0.15) is 16.8 Å². The highest BCUT2D eigenvalue weighted by atomic mass is 16.5. The molecule has 0 radical (unpaired) electrons. The Morgan fingerprint density at radius 2 is 1.95 bits per heavy atom. The van der Waals surface area contributed by atoms with Crippen LogP contribution >= 0.6 is 0 Å². The molecule has 4 aromatic rings. The predicted octanol–water partition coefficient (Wildman–Crippen LogP) is 4.87. The SMILES string of the molecule is CCCC(/C=C/CO)Nc1nc(N)nc2c3ccccc3n(Cc3cc(CNCC(C)(C)OC)ccc3OC)c12. The van der Waals surface area contributed by atoms with E-state index in [0.29, 0.717) is 18.9 Å². The molecule has 0 aliphatic rings. The van der Waals surface area contributed by atoms with Crippen LogP contribution in [-0.4, -0.2) is 58.7 Å². The third-order valence-corrected chi connectivity index (χ3v) is 7.12. The molecule has 0 aliphatic heterocycles. The molecule has 9 heteroatoms. The number of nitrogens with zero attached hydrogens (tertiary/aromatic N) is 3. The van der Waals surface area contributed by atoms with Gasteiger partial charge in [0.2, 0.25) is 5.95 Å². The van der Waals surface area contributed by atoms with Crippen LogP contribution in [0.1, 0.15) is 44.7 Å². The number of nitrogen functional groups attached to an aromatic ring is 1. The summed E-state index contributed by atoms with van der Waals surface area (Å²) in [7, 11) is 3.43. The van der Waals surface area contributed by atoms with Crippen molar-refractivity contribution in [3.05, 3.63) is 65.7 Å². The second kappa shape index (κ2) is 13.1. The van der Waals surface area contributed by atoms with Crippen molar-refractivity contribution < 1.29 is 14.6 Å². The van der Waals surface area contributed by atoms with Crippen LogP contribution in [0.4, 0.5) is 11.8 Å². The van der Waals surface area contributed by atoms with E-state index in [0.717, 1.165) is 58.2 Å². The van der Waals surface area contributed by atoms with Gasteiger partial charge in [-0.2, -0.15) is 4.98 Å². The quantitative estimate of drug-likeness (QED) is 0.166. The summed E-state index contributed by atoms with van der Waals surface area (Å²) in [6.07, 6.45) is 5.58. The highest BCUT2D eigenvalue weighted by Gasteiger charge is 2.21. The zero-order valence-electron chi connectivity index (χ0n) is 24.2. The summed E-state index contributed by atoms with van der Waals surface area (Å²) < 4.78 is 13.6. The smallest absolute Gasteiger partial charge is 0.222 e. The van der Waals surface area contributed by atoms with E-state index in [-0.39, 0.29) is 24.2 Å². The molecule has 0 aliphatic carbocycles. The fraction of sp³-hybridized carbons (Fsp3) is 0.419. The lowest BCUT2D eigenvalue weighted by Crippen LogP contribution is -2.36. The van der Waals surface area contributed by atoms with Crippen molar-refractivity contribution in [2.75, 3.05) is 38.4 Å². The first-order chi connectivity index (χ1) is 19.3. The molecule has 0 saturated heterocycles. The maximum atomic E-state index is 9.36. The summed E-state index contributed by atoms with van der Waals surface area (Å²) in [6, 6.07) is 14.5. The van der Waals surface area contributed by atoms with Gasteiger partial charge in [-0.15, -0.1) is 0 Å². The van der Waals surface area contributed by atoms with Gasteiger partial charge >= 0.3 is 0 Å². The fourth-order valence-corrected chi connectivity index (χ4v) is 4.95. The number of anilines is 2. The van der Waals surface area contributed by atoms with Crippen molar-refractivity contribution in [2.24, 2.45) is 0 Å².